The van der Waals surface area contributed by atoms with Gasteiger partial charge in [0.05, 0.1) is 0 Å². The highest BCUT2D eigenvalue weighted by Crippen LogP contribution is 2.19. The summed E-state index contributed by atoms with van der Waals surface area (Å²) in [7, 11) is 0. The lowest BCUT2D eigenvalue weighted by Gasteiger charge is -2.11. The number of aryl methyl sites for hydroxylation is 2. The topological polar surface area (TPSA) is 55.1 Å². The van der Waals surface area contributed by atoms with Crippen LogP contribution in [0.4, 0.5) is 5.82 Å². The molecule has 0 saturated heterocycles. The lowest BCUT2D eigenvalue weighted by Crippen LogP contribution is -2.14. The fraction of sp³-hybridized carbons (Fsp3) is 0.312. The van der Waals surface area contributed by atoms with Crippen LogP contribution < -0.4 is 5.32 Å². The number of benzene rings is 1. The fourth-order valence-electron chi connectivity index (χ4n) is 2.21. The molecule has 1 aromatic carbocycles. The Bertz CT molecular complexity index is 771. The maximum Gasteiger partial charge on any atom is 0.254 e. The van der Waals surface area contributed by atoms with Crippen LogP contribution in [0.5, 0.6) is 0 Å². The maximum absolute atomic E-state index is 4.59. The van der Waals surface area contributed by atoms with Crippen molar-refractivity contribution < 1.29 is 0 Å². The van der Waals surface area contributed by atoms with Crippen molar-refractivity contribution in [3.05, 3.63) is 41.6 Å². The first-order valence-corrected chi connectivity index (χ1v) is 7.11. The van der Waals surface area contributed by atoms with Gasteiger partial charge in [-0.05, 0) is 27.7 Å². The van der Waals surface area contributed by atoms with Crippen LogP contribution >= 0.6 is 0 Å². The Morgan fingerprint density at radius 1 is 1.05 bits per heavy atom. The van der Waals surface area contributed by atoms with Gasteiger partial charge in [0.15, 0.2) is 5.82 Å². The molecule has 0 unspecified atom stereocenters. The lowest BCUT2D eigenvalue weighted by molar-refractivity contribution is 0.848. The normalized spacial score (nSPS) is 11.3. The first kappa shape index (κ1) is 13.5. The van der Waals surface area contributed by atoms with Crippen LogP contribution in [0.3, 0.4) is 0 Å². The first-order valence-electron chi connectivity index (χ1n) is 7.11. The molecule has 3 rings (SSSR count). The van der Waals surface area contributed by atoms with Crippen molar-refractivity contribution in [1.82, 2.24) is 19.6 Å². The van der Waals surface area contributed by atoms with Crippen LogP contribution in [0.25, 0.3) is 17.2 Å². The maximum atomic E-state index is 4.59. The van der Waals surface area contributed by atoms with E-state index in [0.29, 0.717) is 17.6 Å². The highest BCUT2D eigenvalue weighted by molar-refractivity contribution is 5.59. The molecule has 2 heterocycles. The lowest BCUT2D eigenvalue weighted by atomic mass is 10.1. The summed E-state index contributed by atoms with van der Waals surface area (Å²) >= 11 is 0. The van der Waals surface area contributed by atoms with Crippen LogP contribution in [0, 0.1) is 13.8 Å². The summed E-state index contributed by atoms with van der Waals surface area (Å²) < 4.78 is 1.77. The number of aromatic nitrogens is 4. The standard InChI is InChI=1S/C16H19N5/c1-10(2)17-14-9-12(4)18-16-19-15(20-21(14)16)13-7-5-11(3)6-8-13/h5-10,17H,1-4H3. The minimum atomic E-state index is 0.321. The summed E-state index contributed by atoms with van der Waals surface area (Å²) in [6.07, 6.45) is 0. The molecule has 5 heteroatoms. The second-order valence-electron chi connectivity index (χ2n) is 5.60. The average Bonchev–Trinajstić information content (AvgIpc) is 2.82. The van der Waals surface area contributed by atoms with E-state index in [0.717, 1.165) is 17.1 Å². The van der Waals surface area contributed by atoms with Crippen LogP contribution in [0.15, 0.2) is 30.3 Å². The van der Waals surface area contributed by atoms with Gasteiger partial charge in [0.25, 0.3) is 5.78 Å². The summed E-state index contributed by atoms with van der Waals surface area (Å²) in [6, 6.07) is 10.5. The van der Waals surface area contributed by atoms with Crippen LogP contribution in [-0.4, -0.2) is 25.6 Å². The Kier molecular flexibility index (Phi) is 3.33. The summed E-state index contributed by atoms with van der Waals surface area (Å²) in [5.74, 6) is 2.23. The third-order valence-electron chi connectivity index (χ3n) is 3.19. The van der Waals surface area contributed by atoms with Crippen LogP contribution in [0.1, 0.15) is 25.1 Å². The molecule has 0 aliphatic heterocycles. The highest BCUT2D eigenvalue weighted by Gasteiger charge is 2.11. The largest absolute Gasteiger partial charge is 0.368 e. The number of hydrogen-bond donors (Lipinski definition) is 1. The van der Waals surface area contributed by atoms with Crippen molar-refractivity contribution in [2.75, 3.05) is 5.32 Å². The Hall–Kier alpha value is -2.43. The molecule has 0 atom stereocenters. The van der Waals surface area contributed by atoms with Gasteiger partial charge < -0.3 is 5.32 Å². The molecule has 0 amide bonds. The van der Waals surface area contributed by atoms with Gasteiger partial charge in [0.2, 0.25) is 0 Å². The fourth-order valence-corrected chi connectivity index (χ4v) is 2.21. The minimum Gasteiger partial charge on any atom is -0.368 e. The van der Waals surface area contributed by atoms with Gasteiger partial charge >= 0.3 is 0 Å². The molecule has 1 N–H and O–H groups in total. The molecule has 2 aromatic heterocycles. The monoisotopic (exact) mass is 281 g/mol. The molecule has 3 aromatic rings. The van der Waals surface area contributed by atoms with Gasteiger partial charge in [0, 0.05) is 23.4 Å². The number of hydrogen-bond acceptors (Lipinski definition) is 4. The summed E-state index contributed by atoms with van der Waals surface area (Å²) in [6.45, 7) is 8.22. The average molecular weight is 281 g/mol. The van der Waals surface area contributed by atoms with Crippen LogP contribution in [0.2, 0.25) is 0 Å². The highest BCUT2D eigenvalue weighted by atomic mass is 15.4. The zero-order valence-corrected chi connectivity index (χ0v) is 12.8. The molecule has 0 fully saturated rings. The molecule has 0 bridgehead atoms. The van der Waals surface area contributed by atoms with E-state index in [4.69, 9.17) is 0 Å². The van der Waals surface area contributed by atoms with Crippen LogP contribution in [-0.2, 0) is 0 Å². The van der Waals surface area contributed by atoms with Gasteiger partial charge in [-0.3, -0.25) is 0 Å². The van der Waals surface area contributed by atoms with E-state index in [2.05, 4.69) is 53.3 Å². The predicted molar refractivity (Wildman–Crippen MR) is 84.5 cm³/mol. The molecule has 5 nitrogen and oxygen atoms in total. The van der Waals surface area contributed by atoms with Crippen molar-refractivity contribution in [2.24, 2.45) is 0 Å². The Balaban J connectivity index is 2.12. The van der Waals surface area contributed by atoms with Crippen molar-refractivity contribution in [1.29, 1.82) is 0 Å². The van der Waals surface area contributed by atoms with E-state index in [9.17, 15) is 0 Å². The number of fused-ring (bicyclic) bond motifs is 1. The zero-order valence-electron chi connectivity index (χ0n) is 12.8. The van der Waals surface area contributed by atoms with E-state index in [1.807, 2.05) is 25.1 Å². The molecule has 0 saturated carbocycles. The van der Waals surface area contributed by atoms with E-state index in [1.165, 1.54) is 5.56 Å². The van der Waals surface area contributed by atoms with Crippen molar-refractivity contribution in [3.8, 4) is 11.4 Å². The Labute approximate surface area is 124 Å². The summed E-state index contributed by atoms with van der Waals surface area (Å²) in [5, 5.41) is 7.97. The number of nitrogens with zero attached hydrogens (tertiary/aromatic N) is 4. The number of rotatable bonds is 3. The molecule has 0 radical (unpaired) electrons. The second kappa shape index (κ2) is 5.16. The van der Waals surface area contributed by atoms with E-state index in [1.54, 1.807) is 4.52 Å². The Morgan fingerprint density at radius 3 is 2.43 bits per heavy atom. The number of nitrogens with one attached hydrogen (secondary N) is 1. The summed E-state index contributed by atoms with van der Waals surface area (Å²) in [4.78, 5) is 9.00. The van der Waals surface area contributed by atoms with E-state index >= 15 is 0 Å². The summed E-state index contributed by atoms with van der Waals surface area (Å²) in [5.41, 5.74) is 3.14. The molecule has 0 aliphatic rings. The molecule has 0 aliphatic carbocycles. The second-order valence-corrected chi connectivity index (χ2v) is 5.60. The van der Waals surface area contributed by atoms with Gasteiger partial charge in [-0.25, -0.2) is 4.98 Å². The van der Waals surface area contributed by atoms with E-state index < -0.39 is 0 Å². The molecule has 0 spiro atoms. The molecular weight excluding hydrogens is 262 g/mol. The molecular formula is C16H19N5. The van der Waals surface area contributed by atoms with Gasteiger partial charge in [-0.15, -0.1) is 5.10 Å². The van der Waals surface area contributed by atoms with Gasteiger partial charge in [-0.1, -0.05) is 29.8 Å². The molecule has 21 heavy (non-hydrogen) atoms. The van der Waals surface area contributed by atoms with Gasteiger partial charge in [0.1, 0.15) is 5.82 Å². The van der Waals surface area contributed by atoms with Crippen molar-refractivity contribution in [3.63, 3.8) is 0 Å². The number of anilines is 1. The van der Waals surface area contributed by atoms with Gasteiger partial charge in [-0.2, -0.15) is 9.50 Å². The zero-order chi connectivity index (χ0) is 15.0. The van der Waals surface area contributed by atoms with Crippen molar-refractivity contribution in [2.45, 2.75) is 33.7 Å². The quantitative estimate of drug-likeness (QED) is 0.801. The van der Waals surface area contributed by atoms with Crippen molar-refractivity contribution >= 4 is 11.6 Å². The first-order chi connectivity index (χ1) is 10.0. The van der Waals surface area contributed by atoms with E-state index in [-0.39, 0.29) is 0 Å². The third kappa shape index (κ3) is 2.72. The molecule has 108 valence electrons. The third-order valence-corrected chi connectivity index (χ3v) is 3.19. The Morgan fingerprint density at radius 2 is 1.76 bits per heavy atom. The predicted octanol–water partition coefficient (Wildman–Crippen LogP) is 3.23. The smallest absolute Gasteiger partial charge is 0.254 e. The minimum absolute atomic E-state index is 0.321. The SMILES string of the molecule is Cc1ccc(-c2nc3nc(C)cc(NC(C)C)n3n2)cc1.